The Hall–Kier alpha value is -5.10. The maximum absolute atomic E-state index is 13.4. The van der Waals surface area contributed by atoms with Crippen LogP contribution < -0.4 is 47.4 Å². The minimum absolute atomic E-state index is 0.0420. The number of carbonyl (C=O) groups excluding carboxylic acids is 1. The van der Waals surface area contributed by atoms with Crippen LogP contribution in [0.5, 0.6) is 17.5 Å². The van der Waals surface area contributed by atoms with Crippen molar-refractivity contribution >= 4 is 29.5 Å². The first-order valence-electron chi connectivity index (χ1n) is 15.7. The van der Waals surface area contributed by atoms with Crippen LogP contribution in [0.25, 0.3) is 0 Å². The standard InChI is InChI=1S/C31H41F3N10O5/c32-31(33,34)18-49-30-43-28-39-17-19-7-10-21(11-8-19)47-14-3-1-2-4-15-48-24-16-20(40-29(42-28)44-30)9-12-22(24)26(46)41-23(25(35)45)6-5-13-38-27(36)37/h7-12,16,23,25,45H,1-6,13-15,17-18,35H2,(H,41,46)(H4,36,37,38)(H2,39,40,42,43,44)/t23-,25?/m0/s1. The summed E-state index contributed by atoms with van der Waals surface area (Å²) in [7, 11) is 0. The number of nitrogens with two attached hydrogens (primary N) is 3. The number of aliphatic hydroxyl groups is 1. The number of nitrogens with one attached hydrogen (secondary N) is 3. The van der Waals surface area contributed by atoms with Crippen LogP contribution >= 0.6 is 0 Å². The number of amides is 1. The zero-order chi connectivity index (χ0) is 35.2. The summed E-state index contributed by atoms with van der Waals surface area (Å²) < 4.78 is 55.5. The highest BCUT2D eigenvalue weighted by Gasteiger charge is 2.29. The van der Waals surface area contributed by atoms with Crippen molar-refractivity contribution in [1.29, 1.82) is 0 Å². The fourth-order valence-electron chi connectivity index (χ4n) is 4.65. The summed E-state index contributed by atoms with van der Waals surface area (Å²) in [6.45, 7) is -0.261. The third-order valence-electron chi connectivity index (χ3n) is 7.10. The van der Waals surface area contributed by atoms with E-state index >= 15 is 0 Å². The topological polar surface area (TPSA) is 230 Å². The molecule has 1 aromatic heterocycles. The lowest BCUT2D eigenvalue weighted by atomic mass is 10.1. The van der Waals surface area contributed by atoms with Gasteiger partial charge >= 0.3 is 12.2 Å². The molecule has 266 valence electrons. The van der Waals surface area contributed by atoms with Crippen molar-refractivity contribution in [2.75, 3.05) is 37.0 Å². The van der Waals surface area contributed by atoms with Crippen LogP contribution in [0.15, 0.2) is 47.5 Å². The predicted molar refractivity (Wildman–Crippen MR) is 176 cm³/mol. The van der Waals surface area contributed by atoms with E-state index in [2.05, 4.69) is 35.9 Å². The van der Waals surface area contributed by atoms with E-state index in [1.54, 1.807) is 6.07 Å². The summed E-state index contributed by atoms with van der Waals surface area (Å²) in [6.07, 6.45) is -1.98. The molecule has 18 heteroatoms. The summed E-state index contributed by atoms with van der Waals surface area (Å²) in [6, 6.07) is 10.6. The van der Waals surface area contributed by atoms with Gasteiger partial charge in [0.05, 0.1) is 24.8 Å². The molecule has 1 unspecified atom stereocenters. The lowest BCUT2D eigenvalue weighted by Gasteiger charge is -2.22. The maximum atomic E-state index is 13.4. The Bertz CT molecular complexity index is 1540. The van der Waals surface area contributed by atoms with Gasteiger partial charge in [-0.2, -0.15) is 28.1 Å². The first kappa shape index (κ1) is 36.7. The average molecular weight is 691 g/mol. The quantitative estimate of drug-likeness (QED) is 0.0742. The fraction of sp³-hybridized carbons (Fsp3) is 0.452. The molecule has 2 aromatic carbocycles. The predicted octanol–water partition coefficient (Wildman–Crippen LogP) is 2.93. The van der Waals surface area contributed by atoms with Gasteiger partial charge in [-0.25, -0.2) is 0 Å². The van der Waals surface area contributed by atoms with Crippen molar-refractivity contribution in [2.24, 2.45) is 22.2 Å². The second-order valence-corrected chi connectivity index (χ2v) is 11.1. The SMILES string of the molecule is NC(N)=NCCC[C@H](NC(=O)c1ccc2cc1OCCCCCCOc1ccc(cc1)CNc1nc(nc(OCC(F)(F)F)n1)N2)C(N)O. The van der Waals surface area contributed by atoms with Crippen LogP contribution in [0.2, 0.25) is 0 Å². The van der Waals surface area contributed by atoms with Crippen molar-refractivity contribution in [1.82, 2.24) is 20.3 Å². The van der Waals surface area contributed by atoms with Crippen LogP contribution in [0.4, 0.5) is 30.8 Å². The molecule has 0 fully saturated rings. The van der Waals surface area contributed by atoms with E-state index in [1.165, 1.54) is 12.1 Å². The molecule has 0 spiro atoms. The number of aromatic nitrogens is 3. The Balaban J connectivity index is 1.60. The third kappa shape index (κ3) is 12.8. The van der Waals surface area contributed by atoms with E-state index in [1.807, 2.05) is 24.3 Å². The van der Waals surface area contributed by atoms with Crippen molar-refractivity contribution in [2.45, 2.75) is 63.5 Å². The van der Waals surface area contributed by atoms with Gasteiger partial charge in [0.25, 0.3) is 5.91 Å². The number of benzene rings is 2. The Kier molecular flexibility index (Phi) is 13.4. The van der Waals surface area contributed by atoms with Gasteiger partial charge in [0.1, 0.15) is 17.7 Å². The number of rotatable bonds is 9. The van der Waals surface area contributed by atoms with Crippen LogP contribution in [0, 0.1) is 0 Å². The number of guanidine groups is 1. The van der Waals surface area contributed by atoms with Crippen LogP contribution in [-0.2, 0) is 6.54 Å². The first-order chi connectivity index (χ1) is 23.4. The van der Waals surface area contributed by atoms with E-state index in [9.17, 15) is 23.1 Å². The van der Waals surface area contributed by atoms with Crippen LogP contribution in [0.1, 0.15) is 54.4 Å². The van der Waals surface area contributed by atoms with E-state index in [4.69, 9.17) is 31.4 Å². The number of carbonyl (C=O) groups is 1. The first-order valence-corrected chi connectivity index (χ1v) is 15.7. The van der Waals surface area contributed by atoms with Crippen molar-refractivity contribution < 1.29 is 37.3 Å². The smallest absolute Gasteiger partial charge is 0.422 e. The number of aliphatic imine (C=N–C) groups is 1. The highest BCUT2D eigenvalue weighted by Crippen LogP contribution is 2.27. The number of ether oxygens (including phenoxy) is 3. The third-order valence-corrected chi connectivity index (χ3v) is 7.10. The normalized spacial score (nSPS) is 15.1. The summed E-state index contributed by atoms with van der Waals surface area (Å²) in [5, 5.41) is 18.8. The van der Waals surface area contributed by atoms with E-state index in [0.29, 0.717) is 37.3 Å². The largest absolute Gasteiger partial charge is 0.494 e. The molecule has 0 aliphatic carbocycles. The highest BCUT2D eigenvalue weighted by molar-refractivity contribution is 5.97. The molecule has 0 saturated heterocycles. The number of alkyl halides is 3. The van der Waals surface area contributed by atoms with Crippen LogP contribution in [0.3, 0.4) is 0 Å². The molecule has 6 bridgehead atoms. The molecular weight excluding hydrogens is 649 g/mol. The number of hydrogen-bond donors (Lipinski definition) is 7. The lowest BCUT2D eigenvalue weighted by molar-refractivity contribution is -0.154. The average Bonchev–Trinajstić information content (AvgIpc) is 3.05. The summed E-state index contributed by atoms with van der Waals surface area (Å²) in [5.74, 6) is 0.109. The number of aliphatic hydroxyl groups excluding tert-OH is 1. The Morgan fingerprint density at radius 1 is 1.02 bits per heavy atom. The van der Waals surface area contributed by atoms with Gasteiger partial charge in [-0.3, -0.25) is 9.79 Å². The van der Waals surface area contributed by atoms with Gasteiger partial charge in [-0.05, 0) is 68.4 Å². The zero-order valence-corrected chi connectivity index (χ0v) is 26.7. The highest BCUT2D eigenvalue weighted by atomic mass is 19.4. The molecule has 3 aromatic rings. The molecule has 5 rings (SSSR count). The number of halogens is 3. The molecule has 0 radical (unpaired) electrons. The number of anilines is 3. The van der Waals surface area contributed by atoms with Crippen LogP contribution in [-0.4, -0.2) is 76.7 Å². The van der Waals surface area contributed by atoms with Crippen molar-refractivity contribution in [3.8, 4) is 17.5 Å². The molecular formula is C31H41F3N10O5. The lowest BCUT2D eigenvalue weighted by Crippen LogP contribution is -2.47. The monoisotopic (exact) mass is 690 g/mol. The molecule has 10 N–H and O–H groups in total. The molecule has 0 saturated carbocycles. The number of hydrogen-bond acceptors (Lipinski definition) is 12. The molecule has 2 aliphatic heterocycles. The van der Waals surface area contributed by atoms with Gasteiger partial charge in [0, 0.05) is 24.8 Å². The van der Waals surface area contributed by atoms with E-state index in [0.717, 1.165) is 24.8 Å². The zero-order valence-electron chi connectivity index (χ0n) is 26.7. The Morgan fingerprint density at radius 3 is 2.43 bits per heavy atom. The van der Waals surface area contributed by atoms with Gasteiger partial charge in [-0.1, -0.05) is 12.1 Å². The van der Waals surface area contributed by atoms with Crippen molar-refractivity contribution in [3.05, 3.63) is 53.6 Å². The second-order valence-electron chi connectivity index (χ2n) is 11.1. The minimum Gasteiger partial charge on any atom is -0.494 e. The Labute approximate surface area is 280 Å². The fourth-order valence-corrected chi connectivity index (χ4v) is 4.65. The Morgan fingerprint density at radius 2 is 1.73 bits per heavy atom. The van der Waals surface area contributed by atoms with Gasteiger partial charge in [-0.15, -0.1) is 0 Å². The van der Waals surface area contributed by atoms with E-state index < -0.39 is 37.0 Å². The van der Waals surface area contributed by atoms with Crippen molar-refractivity contribution in [3.63, 3.8) is 0 Å². The molecule has 15 nitrogen and oxygen atoms in total. The molecule has 2 aliphatic rings. The molecule has 1 amide bonds. The summed E-state index contributed by atoms with van der Waals surface area (Å²) in [5.41, 5.74) is 17.8. The van der Waals surface area contributed by atoms with E-state index in [-0.39, 0.29) is 48.9 Å². The second kappa shape index (κ2) is 17.9. The maximum Gasteiger partial charge on any atom is 0.422 e. The summed E-state index contributed by atoms with van der Waals surface area (Å²) >= 11 is 0. The summed E-state index contributed by atoms with van der Waals surface area (Å²) in [4.78, 5) is 29.6. The van der Waals surface area contributed by atoms with Gasteiger partial charge < -0.3 is 52.5 Å². The number of nitrogens with zero attached hydrogens (tertiary/aromatic N) is 4. The molecule has 3 heterocycles. The van der Waals surface area contributed by atoms with Gasteiger partial charge in [0.15, 0.2) is 12.6 Å². The molecule has 2 atom stereocenters. The molecule has 49 heavy (non-hydrogen) atoms. The number of fused-ring (bicyclic) bond motifs is 10. The van der Waals surface area contributed by atoms with Gasteiger partial charge in [0.2, 0.25) is 11.9 Å². The minimum atomic E-state index is -4.62.